The number of nitrogens with zero attached hydrogens (tertiary/aromatic N) is 10. The minimum absolute atomic E-state index is 0.0639. The molecule has 504 valence electrons. The lowest BCUT2D eigenvalue weighted by molar-refractivity contribution is -0.176. The largest absolute Gasteiger partial charge is 0.451 e. The highest BCUT2D eigenvalue weighted by atomic mass is 16.6. The van der Waals surface area contributed by atoms with Gasteiger partial charge in [-0.1, -0.05) is 116 Å². The van der Waals surface area contributed by atoms with Crippen LogP contribution >= 0.6 is 0 Å². The summed E-state index contributed by atoms with van der Waals surface area (Å²) in [4.78, 5) is 133. The van der Waals surface area contributed by atoms with Crippen molar-refractivity contribution < 1.29 is 57.3 Å². The van der Waals surface area contributed by atoms with Crippen molar-refractivity contribution in [3.63, 3.8) is 0 Å². The molecule has 6 aromatic rings. The molecule has 94 heavy (non-hydrogen) atoms. The van der Waals surface area contributed by atoms with Crippen LogP contribution in [0.5, 0.6) is 0 Å². The predicted octanol–water partition coefficient (Wildman–Crippen LogP) is 8.90. The van der Waals surface area contributed by atoms with Gasteiger partial charge in [-0.15, -0.1) is 0 Å². The molecule has 2 aromatic carbocycles. The lowest BCUT2D eigenvalue weighted by Crippen LogP contribution is -2.55. The van der Waals surface area contributed by atoms with Crippen LogP contribution in [0.2, 0.25) is 0 Å². The van der Waals surface area contributed by atoms with Crippen molar-refractivity contribution in [2.75, 3.05) is 28.2 Å². The molecule has 1 saturated heterocycles. The Morgan fingerprint density at radius 2 is 0.670 bits per heavy atom. The molecule has 4 amide bonds. The molecular formula is C72H94N10O12. The Labute approximate surface area is 552 Å². The molecule has 0 unspecified atom stereocenters. The Morgan fingerprint density at radius 3 is 0.968 bits per heavy atom. The number of rotatable bonds is 18. The van der Waals surface area contributed by atoms with Gasteiger partial charge >= 0.3 is 23.9 Å². The molecule has 7 rings (SSSR count). The number of pyridine rings is 2. The van der Waals surface area contributed by atoms with Crippen molar-refractivity contribution in [1.82, 2.24) is 49.1 Å². The second-order valence-corrected chi connectivity index (χ2v) is 26.5. The molecule has 5 heterocycles. The number of hydrogen-bond donors (Lipinski definition) is 0. The molecule has 22 nitrogen and oxygen atoms in total. The summed E-state index contributed by atoms with van der Waals surface area (Å²) in [6.07, 6.45) is -2.82. The number of carbonyl (C=O) groups is 8. The summed E-state index contributed by atoms with van der Waals surface area (Å²) < 4.78 is 28.2. The number of amides is 4. The molecule has 1 aliphatic rings. The first-order valence-electron chi connectivity index (χ1n) is 32.5. The Morgan fingerprint density at radius 1 is 0.383 bits per heavy atom. The van der Waals surface area contributed by atoms with E-state index in [0.717, 1.165) is 64.9 Å². The third-order valence-corrected chi connectivity index (χ3v) is 16.8. The van der Waals surface area contributed by atoms with Gasteiger partial charge in [0.15, 0.2) is 24.4 Å². The highest BCUT2D eigenvalue weighted by Crippen LogP contribution is 2.27. The number of aromatic nitrogens is 6. The van der Waals surface area contributed by atoms with Gasteiger partial charge in [-0.05, 0) is 136 Å². The Kier molecular flexibility index (Phi) is 25.1. The van der Waals surface area contributed by atoms with Crippen LogP contribution in [0.25, 0.3) is 22.8 Å². The van der Waals surface area contributed by atoms with Gasteiger partial charge in [0.25, 0.3) is 23.6 Å². The van der Waals surface area contributed by atoms with E-state index in [-0.39, 0.29) is 62.2 Å². The zero-order valence-electron chi connectivity index (χ0n) is 57.3. The molecule has 4 aromatic heterocycles. The van der Waals surface area contributed by atoms with Crippen LogP contribution < -0.4 is 0 Å². The molecule has 0 spiro atoms. The van der Waals surface area contributed by atoms with Crippen LogP contribution in [0.1, 0.15) is 129 Å². The van der Waals surface area contributed by atoms with Crippen molar-refractivity contribution in [2.24, 2.45) is 23.7 Å². The fourth-order valence-electron chi connectivity index (χ4n) is 11.5. The van der Waals surface area contributed by atoms with Gasteiger partial charge in [0, 0.05) is 64.8 Å². The number of likely N-dealkylation sites (N-methyl/N-ethyl adjacent to an activating group) is 4. The van der Waals surface area contributed by atoms with E-state index in [1.54, 1.807) is 36.7 Å². The normalized spacial score (nSPS) is 21.5. The van der Waals surface area contributed by atoms with Crippen molar-refractivity contribution in [1.29, 1.82) is 0 Å². The van der Waals surface area contributed by atoms with Crippen molar-refractivity contribution in [3.8, 4) is 22.8 Å². The monoisotopic (exact) mass is 1290 g/mol. The maximum atomic E-state index is 15.2. The number of esters is 4. The number of carbonyl (C=O) groups excluding carboxylic acids is 8. The van der Waals surface area contributed by atoms with Crippen LogP contribution in [0, 0.1) is 37.5 Å². The lowest BCUT2D eigenvalue weighted by atomic mass is 9.99. The number of aryl methyl sites for hydroxylation is 2. The van der Waals surface area contributed by atoms with Gasteiger partial charge in [0.1, 0.15) is 24.2 Å². The fourth-order valence-corrected chi connectivity index (χ4v) is 11.5. The third-order valence-electron chi connectivity index (χ3n) is 16.8. The van der Waals surface area contributed by atoms with E-state index in [9.17, 15) is 28.8 Å². The number of hydrogen-bond acceptors (Lipinski definition) is 16. The summed E-state index contributed by atoms with van der Waals surface area (Å²) >= 11 is 0. The van der Waals surface area contributed by atoms with Crippen LogP contribution in [0.4, 0.5) is 0 Å². The molecule has 0 saturated carbocycles. The second-order valence-electron chi connectivity index (χ2n) is 26.5. The summed E-state index contributed by atoms with van der Waals surface area (Å²) in [5.74, 6) is -7.63. The highest BCUT2D eigenvalue weighted by Gasteiger charge is 2.43. The summed E-state index contributed by atoms with van der Waals surface area (Å²) in [5.41, 5.74) is 7.81. The number of benzene rings is 2. The van der Waals surface area contributed by atoms with Gasteiger partial charge in [0.2, 0.25) is 0 Å². The SMILES string of the molecule is Cc1cccc(-c2ccnn2Cc2ccc(C[C@H]3OC(=O)[C@H](CC(C)C)N(C)C(=O)[C@@H](C)OC(=O)[C@H](CC(C)C)N(C)C(=O)[C@@H](Cc4ccc(Cn5nccc5-c5cccc(C)n5)cc4)OC(=O)[C@H](CC(C)C)N(C)C(=O)[C@@H](C)OC(=O)[C@H](CC(C)C)N(C)C3=O)cc2)n1. The summed E-state index contributed by atoms with van der Waals surface area (Å²) in [5, 5.41) is 9.10. The molecular weight excluding hydrogens is 1200 g/mol. The van der Waals surface area contributed by atoms with Gasteiger partial charge in [-0.3, -0.25) is 38.5 Å². The molecule has 0 aliphatic carbocycles. The summed E-state index contributed by atoms with van der Waals surface area (Å²) in [7, 11) is 5.57. The van der Waals surface area contributed by atoms with Crippen LogP contribution in [0.15, 0.2) is 109 Å². The van der Waals surface area contributed by atoms with Gasteiger partial charge in [-0.25, -0.2) is 19.2 Å². The first-order chi connectivity index (χ1) is 44.5. The van der Waals surface area contributed by atoms with Crippen molar-refractivity contribution in [3.05, 3.63) is 143 Å². The molecule has 1 fully saturated rings. The summed E-state index contributed by atoms with van der Waals surface area (Å²) in [6, 6.07) is 24.8. The molecule has 22 heteroatoms. The topological polar surface area (TPSA) is 248 Å². The van der Waals surface area contributed by atoms with Crippen LogP contribution in [-0.2, 0) is 83.2 Å². The zero-order valence-corrected chi connectivity index (χ0v) is 57.3. The smallest absolute Gasteiger partial charge is 0.329 e. The van der Waals surface area contributed by atoms with E-state index in [1.807, 2.05) is 151 Å². The second kappa shape index (κ2) is 32.7. The molecule has 0 bridgehead atoms. The Hall–Kier alpha value is -9.08. The molecule has 8 atom stereocenters. The summed E-state index contributed by atoms with van der Waals surface area (Å²) in [6.45, 7) is 22.2. The molecule has 1 aliphatic heterocycles. The van der Waals surface area contributed by atoms with Crippen LogP contribution in [-0.4, -0.2) is 173 Å². The number of cyclic esters (lactones) is 4. The number of ether oxygens (including phenoxy) is 4. The van der Waals surface area contributed by atoms with E-state index in [4.69, 9.17) is 18.9 Å². The lowest BCUT2D eigenvalue weighted by Gasteiger charge is -2.35. The van der Waals surface area contributed by atoms with E-state index >= 15 is 9.59 Å². The van der Waals surface area contributed by atoms with Gasteiger partial charge < -0.3 is 38.5 Å². The van der Waals surface area contributed by atoms with E-state index < -0.39 is 96.1 Å². The highest BCUT2D eigenvalue weighted by molar-refractivity contribution is 5.94. The van der Waals surface area contributed by atoms with Crippen molar-refractivity contribution in [2.45, 2.75) is 183 Å². The van der Waals surface area contributed by atoms with Gasteiger partial charge in [-0.2, -0.15) is 10.2 Å². The average Bonchev–Trinajstić information content (AvgIpc) is 1.46. The first-order valence-corrected chi connectivity index (χ1v) is 32.5. The van der Waals surface area contributed by atoms with E-state index in [2.05, 4.69) is 20.2 Å². The first kappa shape index (κ1) is 72.3. The Bertz CT molecular complexity index is 3350. The van der Waals surface area contributed by atoms with E-state index in [0.29, 0.717) is 24.2 Å². The Balaban J connectivity index is 1.23. The minimum atomic E-state index is -1.57. The third kappa shape index (κ3) is 19.0. The van der Waals surface area contributed by atoms with E-state index in [1.165, 1.54) is 42.0 Å². The standard InChI is InChI=1S/C72H94N10O12/c1-43(2)35-59-69(87)91-49(11)65(83)77(13)62(38-46(7)8)72(90)94-64(40-52-25-29-54(30-26-52)42-82-58(32-34-74-82)56-22-18-20-48(10)76-56)68(86)80(16)60(36-44(3)4)70(88)92-50(12)66(84)78(14)61(37-45(5)6)71(89)93-63(67(85)79(59)15)39-51-23-27-53(28-24-51)41-81-57(31-33-73-81)55-21-17-19-47(9)75-55/h17-34,43-46,49-50,59-64H,35-42H2,1-16H3/t49-,50-,59+,60+,61+,62+,63-,64-/m1/s1. The predicted molar refractivity (Wildman–Crippen MR) is 354 cm³/mol. The molecule has 0 N–H and O–H groups in total. The maximum Gasteiger partial charge on any atom is 0.329 e. The average molecular weight is 1290 g/mol. The van der Waals surface area contributed by atoms with Crippen LogP contribution in [0.3, 0.4) is 0 Å². The quantitative estimate of drug-likeness (QED) is 0.0575. The van der Waals surface area contributed by atoms with Gasteiger partial charge in [0.05, 0.1) is 35.9 Å². The fraction of sp³-hybridized carbons (Fsp3) is 0.500. The van der Waals surface area contributed by atoms with Crippen molar-refractivity contribution >= 4 is 47.5 Å². The zero-order chi connectivity index (χ0) is 68.8. The maximum absolute atomic E-state index is 15.2. The molecule has 0 radical (unpaired) electrons. The minimum Gasteiger partial charge on any atom is -0.451 e.